The van der Waals surface area contributed by atoms with Gasteiger partial charge in [0.1, 0.15) is 28.5 Å². The van der Waals surface area contributed by atoms with Crippen LogP contribution in [0.15, 0.2) is 47.3 Å². The predicted octanol–water partition coefficient (Wildman–Crippen LogP) is 5.59. The van der Waals surface area contributed by atoms with E-state index in [4.69, 9.17) is 0 Å². The second-order valence-corrected chi connectivity index (χ2v) is 11.6. The Labute approximate surface area is 240 Å². The van der Waals surface area contributed by atoms with Crippen LogP contribution in [0.5, 0.6) is 0 Å². The van der Waals surface area contributed by atoms with Crippen LogP contribution < -0.4 is 5.32 Å². The summed E-state index contributed by atoms with van der Waals surface area (Å²) < 4.78 is 2.21. The number of nitrogens with one attached hydrogen (secondary N) is 1. The molecule has 3 aromatic heterocycles. The average Bonchev–Trinajstić information content (AvgIpc) is 3.43. The molecule has 206 valence electrons. The van der Waals surface area contributed by atoms with Crippen LogP contribution >= 0.6 is 15.9 Å². The maximum atomic E-state index is 13.8. The van der Waals surface area contributed by atoms with Crippen molar-refractivity contribution in [2.24, 2.45) is 23.7 Å². The highest BCUT2D eigenvalue weighted by Gasteiger charge is 2.46. The molecule has 0 spiro atoms. The first-order valence-electron chi connectivity index (χ1n) is 13.3. The van der Waals surface area contributed by atoms with Crippen LogP contribution in [-0.2, 0) is 16.1 Å². The molecule has 1 fully saturated rings. The minimum atomic E-state index is -0.495. The zero-order valence-corrected chi connectivity index (χ0v) is 24.7. The number of ketones is 2. The van der Waals surface area contributed by atoms with Gasteiger partial charge in [0, 0.05) is 36.2 Å². The predicted molar refractivity (Wildman–Crippen MR) is 156 cm³/mol. The zero-order chi connectivity index (χ0) is 28.7. The number of amides is 1. The standard InChI is InChI=1S/C30H31BrN6O3/c1-15-6-9-26(31)34-29(15)35-30(40)27-17(3)16(2)10-23(27)25(39)14-37-24-8-7-20(21-12-32-19(5)33-13-21)11-22(24)28(36-37)18(4)38/h6-9,11-13,16-17,23,27H,10,14H2,1-5H3,(H,34,35,40)/t16-,17-,23?,27-/m1/s1. The lowest BCUT2D eigenvalue weighted by Crippen LogP contribution is -2.35. The highest BCUT2D eigenvalue weighted by atomic mass is 79.9. The van der Waals surface area contributed by atoms with Gasteiger partial charge in [0.15, 0.2) is 11.6 Å². The van der Waals surface area contributed by atoms with Crippen LogP contribution in [0.1, 0.15) is 49.1 Å². The summed E-state index contributed by atoms with van der Waals surface area (Å²) in [6, 6.07) is 9.36. The molecule has 10 heteroatoms. The van der Waals surface area contributed by atoms with Crippen molar-refractivity contribution >= 4 is 50.1 Å². The molecule has 3 heterocycles. The van der Waals surface area contributed by atoms with Gasteiger partial charge in [0.2, 0.25) is 5.91 Å². The SMILES string of the molecule is CC(=O)c1nn(CC(=O)C2C[C@@H](C)[C@@H](C)[C@H]2C(=O)Nc2nc(Br)ccc2C)c2ccc(-c3cnc(C)nc3)cc12. The molecular formula is C30H31BrN6O3. The van der Waals surface area contributed by atoms with Gasteiger partial charge < -0.3 is 5.32 Å². The van der Waals surface area contributed by atoms with Gasteiger partial charge in [-0.2, -0.15) is 5.10 Å². The fourth-order valence-corrected chi connectivity index (χ4v) is 5.92. The maximum absolute atomic E-state index is 13.8. The number of fused-ring (bicyclic) bond motifs is 1. The Balaban J connectivity index is 1.43. The number of rotatable bonds is 7. The second kappa shape index (κ2) is 11.0. The Kier molecular flexibility index (Phi) is 7.63. The van der Waals surface area contributed by atoms with E-state index in [0.29, 0.717) is 39.3 Å². The second-order valence-electron chi connectivity index (χ2n) is 10.8. The van der Waals surface area contributed by atoms with Gasteiger partial charge in [0.05, 0.1) is 11.4 Å². The number of aryl methyl sites for hydroxylation is 2. The molecule has 4 aromatic rings. The molecule has 1 unspecified atom stereocenters. The van der Waals surface area contributed by atoms with E-state index in [1.165, 1.54) is 6.92 Å². The van der Waals surface area contributed by atoms with E-state index in [0.717, 1.165) is 16.7 Å². The van der Waals surface area contributed by atoms with Crippen LogP contribution in [0.4, 0.5) is 5.82 Å². The Morgan fingerprint density at radius 3 is 2.48 bits per heavy atom. The topological polar surface area (TPSA) is 120 Å². The molecule has 9 nitrogen and oxygen atoms in total. The molecule has 1 aliphatic carbocycles. The van der Waals surface area contributed by atoms with Crippen LogP contribution in [0.25, 0.3) is 22.0 Å². The number of nitrogens with zero attached hydrogens (tertiary/aromatic N) is 5. The van der Waals surface area contributed by atoms with E-state index in [1.54, 1.807) is 17.1 Å². The number of benzene rings is 1. The first kappa shape index (κ1) is 27.8. The monoisotopic (exact) mass is 602 g/mol. The van der Waals surface area contributed by atoms with Gasteiger partial charge in [-0.15, -0.1) is 0 Å². The summed E-state index contributed by atoms with van der Waals surface area (Å²) in [4.78, 5) is 52.7. The normalized spacial score (nSPS) is 20.6. The number of halogens is 1. The lowest BCUT2D eigenvalue weighted by atomic mass is 9.86. The first-order chi connectivity index (χ1) is 19.0. The van der Waals surface area contributed by atoms with Crippen molar-refractivity contribution in [3.63, 3.8) is 0 Å². The van der Waals surface area contributed by atoms with Crippen molar-refractivity contribution in [1.82, 2.24) is 24.7 Å². The fourth-order valence-electron chi connectivity index (χ4n) is 5.61. The van der Waals surface area contributed by atoms with E-state index in [9.17, 15) is 14.4 Å². The van der Waals surface area contributed by atoms with Crippen molar-refractivity contribution in [2.75, 3.05) is 5.32 Å². The molecule has 0 aliphatic heterocycles. The van der Waals surface area contributed by atoms with E-state index in [1.807, 2.05) is 51.1 Å². The van der Waals surface area contributed by atoms with Gasteiger partial charge in [0.25, 0.3) is 0 Å². The fraction of sp³-hybridized carbons (Fsp3) is 0.367. The van der Waals surface area contributed by atoms with E-state index in [-0.39, 0.29) is 35.9 Å². The smallest absolute Gasteiger partial charge is 0.229 e. The van der Waals surface area contributed by atoms with E-state index >= 15 is 0 Å². The maximum Gasteiger partial charge on any atom is 0.229 e. The molecule has 1 amide bonds. The van der Waals surface area contributed by atoms with Crippen molar-refractivity contribution < 1.29 is 14.4 Å². The molecule has 1 N–H and O–H groups in total. The minimum absolute atomic E-state index is 0.0165. The highest BCUT2D eigenvalue weighted by molar-refractivity contribution is 9.10. The summed E-state index contributed by atoms with van der Waals surface area (Å²) in [5.74, 6) is -0.0699. The Bertz CT molecular complexity index is 1630. The number of hydrogen-bond donors (Lipinski definition) is 1. The van der Waals surface area contributed by atoms with Gasteiger partial charge in [-0.3, -0.25) is 19.1 Å². The zero-order valence-electron chi connectivity index (χ0n) is 23.1. The van der Waals surface area contributed by atoms with Crippen molar-refractivity contribution in [3.8, 4) is 11.1 Å². The molecule has 1 aliphatic rings. The van der Waals surface area contributed by atoms with Crippen LogP contribution in [-0.4, -0.2) is 42.2 Å². The Morgan fingerprint density at radius 1 is 1.05 bits per heavy atom. The number of hydrogen-bond acceptors (Lipinski definition) is 7. The van der Waals surface area contributed by atoms with Crippen molar-refractivity contribution in [3.05, 3.63) is 64.4 Å². The molecule has 0 radical (unpaired) electrons. The average molecular weight is 604 g/mol. The molecule has 1 saturated carbocycles. The van der Waals surface area contributed by atoms with Crippen LogP contribution in [0.2, 0.25) is 0 Å². The highest BCUT2D eigenvalue weighted by Crippen LogP contribution is 2.43. The quantitative estimate of drug-likeness (QED) is 0.216. The van der Waals surface area contributed by atoms with E-state index in [2.05, 4.69) is 48.2 Å². The van der Waals surface area contributed by atoms with Gasteiger partial charge in [-0.1, -0.05) is 26.0 Å². The number of anilines is 1. The third kappa shape index (κ3) is 5.32. The third-order valence-corrected chi connectivity index (χ3v) is 8.49. The summed E-state index contributed by atoms with van der Waals surface area (Å²) in [5, 5.41) is 8.17. The minimum Gasteiger partial charge on any atom is -0.310 e. The molecule has 0 bridgehead atoms. The van der Waals surface area contributed by atoms with Crippen LogP contribution in [0.3, 0.4) is 0 Å². The number of Topliss-reactive ketones (excluding diaryl/α,β-unsaturated/α-hetero) is 2. The van der Waals surface area contributed by atoms with E-state index < -0.39 is 11.8 Å². The van der Waals surface area contributed by atoms with Crippen molar-refractivity contribution in [2.45, 2.75) is 47.6 Å². The Morgan fingerprint density at radius 2 is 1.77 bits per heavy atom. The molecule has 4 atom stereocenters. The molecule has 1 aromatic carbocycles. The largest absolute Gasteiger partial charge is 0.310 e. The molecule has 5 rings (SSSR count). The third-order valence-electron chi connectivity index (χ3n) is 8.05. The summed E-state index contributed by atoms with van der Waals surface area (Å²) >= 11 is 3.36. The first-order valence-corrected chi connectivity index (χ1v) is 14.1. The molecule has 0 saturated heterocycles. The van der Waals surface area contributed by atoms with Crippen molar-refractivity contribution in [1.29, 1.82) is 0 Å². The number of carbonyl (C=O) groups is 3. The van der Waals surface area contributed by atoms with Gasteiger partial charge in [-0.05, 0) is 77.4 Å². The lowest BCUT2D eigenvalue weighted by molar-refractivity contribution is -0.131. The van der Waals surface area contributed by atoms with Crippen LogP contribution in [0, 0.1) is 37.5 Å². The van der Waals surface area contributed by atoms with Gasteiger partial charge >= 0.3 is 0 Å². The molecular weight excluding hydrogens is 572 g/mol. The van der Waals surface area contributed by atoms with Gasteiger partial charge in [-0.25, -0.2) is 15.0 Å². The summed E-state index contributed by atoms with van der Waals surface area (Å²) in [6.07, 6.45) is 4.09. The number of aromatic nitrogens is 5. The summed E-state index contributed by atoms with van der Waals surface area (Å²) in [7, 11) is 0. The number of pyridine rings is 1. The Hall–Kier alpha value is -3.79. The number of carbonyl (C=O) groups excluding carboxylic acids is 3. The molecule has 40 heavy (non-hydrogen) atoms. The summed E-state index contributed by atoms with van der Waals surface area (Å²) in [6.45, 7) is 9.24. The summed E-state index contributed by atoms with van der Waals surface area (Å²) in [5.41, 5.74) is 3.51. The lowest BCUT2D eigenvalue weighted by Gasteiger charge is -2.22.